The lowest BCUT2D eigenvalue weighted by atomic mass is 9.67. The Bertz CT molecular complexity index is 408. The van der Waals surface area contributed by atoms with Gasteiger partial charge in [0.25, 0.3) is 0 Å². The van der Waals surface area contributed by atoms with Gasteiger partial charge in [0.1, 0.15) is 5.78 Å². The second-order valence-electron chi connectivity index (χ2n) is 5.91. The highest BCUT2D eigenvalue weighted by Crippen LogP contribution is 2.71. The topological polar surface area (TPSA) is 17.1 Å². The van der Waals surface area contributed by atoms with E-state index in [1.54, 1.807) is 0 Å². The Morgan fingerprint density at radius 3 is 2.59 bits per heavy atom. The van der Waals surface area contributed by atoms with Crippen molar-refractivity contribution < 1.29 is 4.79 Å². The molecule has 0 spiro atoms. The van der Waals surface area contributed by atoms with Gasteiger partial charge in [-0.05, 0) is 42.9 Å². The van der Waals surface area contributed by atoms with Crippen molar-refractivity contribution in [2.45, 2.75) is 19.3 Å². The summed E-state index contributed by atoms with van der Waals surface area (Å²) >= 11 is 0. The molecule has 0 amide bonds. The normalized spacial score (nSPS) is 50.6. The van der Waals surface area contributed by atoms with E-state index in [1.807, 2.05) is 12.2 Å². The second kappa shape index (κ2) is 3.44. The summed E-state index contributed by atoms with van der Waals surface area (Å²) in [5, 5.41) is 0. The third-order valence-corrected chi connectivity index (χ3v) is 5.41. The van der Waals surface area contributed by atoms with Gasteiger partial charge in [-0.2, -0.15) is 0 Å². The van der Waals surface area contributed by atoms with E-state index in [-0.39, 0.29) is 5.41 Å². The Morgan fingerprint density at radius 1 is 1.24 bits per heavy atom. The highest BCUT2D eigenvalue weighted by molar-refractivity contribution is 5.94. The maximum absolute atomic E-state index is 12.6. The fourth-order valence-electron chi connectivity index (χ4n) is 4.76. The molecule has 0 unspecified atom stereocenters. The number of ketones is 1. The minimum Gasteiger partial charge on any atom is -0.299 e. The highest BCUT2D eigenvalue weighted by atomic mass is 16.1. The Balaban J connectivity index is 2.08. The molecule has 3 saturated carbocycles. The predicted molar refractivity (Wildman–Crippen MR) is 69.3 cm³/mol. The molecule has 1 nitrogen and oxygen atoms in total. The van der Waals surface area contributed by atoms with Gasteiger partial charge in [-0.1, -0.05) is 18.2 Å². The molecule has 6 atom stereocenters. The standard InChI is InChI=1S/C16H20O/c1-4-7-16-11(6-3)8-10(5-2)14(16)12-9-13(12)15(16)17/h4-6,10-14H,1-3,7-9H2/t10-,11+,12-,13+,14+,16+/m1/s1. The number of rotatable bonds is 4. The third kappa shape index (κ3) is 1.13. The molecule has 1 heteroatoms. The second-order valence-corrected chi connectivity index (χ2v) is 5.91. The van der Waals surface area contributed by atoms with E-state index in [0.717, 1.165) is 19.3 Å². The van der Waals surface area contributed by atoms with Crippen LogP contribution in [0, 0.1) is 35.0 Å². The first-order valence-corrected chi connectivity index (χ1v) is 6.61. The quantitative estimate of drug-likeness (QED) is 0.674. The summed E-state index contributed by atoms with van der Waals surface area (Å²) in [4.78, 5) is 12.6. The van der Waals surface area contributed by atoms with Gasteiger partial charge in [0.2, 0.25) is 0 Å². The lowest BCUT2D eigenvalue weighted by Crippen LogP contribution is -2.37. The summed E-state index contributed by atoms with van der Waals surface area (Å²) < 4.78 is 0. The van der Waals surface area contributed by atoms with E-state index < -0.39 is 0 Å². The minimum absolute atomic E-state index is 0.171. The van der Waals surface area contributed by atoms with E-state index >= 15 is 0 Å². The van der Waals surface area contributed by atoms with Crippen LogP contribution >= 0.6 is 0 Å². The zero-order valence-electron chi connectivity index (χ0n) is 10.3. The maximum atomic E-state index is 12.6. The summed E-state index contributed by atoms with van der Waals surface area (Å²) in [5.74, 6) is 2.83. The van der Waals surface area contributed by atoms with Crippen molar-refractivity contribution in [1.29, 1.82) is 0 Å². The van der Waals surface area contributed by atoms with Gasteiger partial charge in [-0.3, -0.25) is 4.79 Å². The molecule has 0 saturated heterocycles. The van der Waals surface area contributed by atoms with Crippen LogP contribution in [0.1, 0.15) is 19.3 Å². The van der Waals surface area contributed by atoms with Crippen LogP contribution in [0.3, 0.4) is 0 Å². The van der Waals surface area contributed by atoms with Crippen molar-refractivity contribution in [2.75, 3.05) is 0 Å². The molecule has 0 radical (unpaired) electrons. The van der Waals surface area contributed by atoms with Crippen LogP contribution in [0.15, 0.2) is 38.0 Å². The van der Waals surface area contributed by atoms with E-state index in [2.05, 4.69) is 25.8 Å². The fourth-order valence-corrected chi connectivity index (χ4v) is 4.76. The highest BCUT2D eigenvalue weighted by Gasteiger charge is 2.72. The molecular formula is C16H20O. The number of carbonyl (C=O) groups excluding carboxylic acids is 1. The van der Waals surface area contributed by atoms with Crippen LogP contribution in [0.25, 0.3) is 0 Å². The SMILES string of the molecule is C=CC[C@@]12C(=O)[C@H]3C[C@H]3[C@@H]1[C@H](C=C)C[C@@H]2C=C. The van der Waals surface area contributed by atoms with Crippen LogP contribution in [-0.4, -0.2) is 5.78 Å². The average Bonchev–Trinajstić information content (AvgIpc) is 2.99. The summed E-state index contributed by atoms with van der Waals surface area (Å²) in [6.45, 7) is 11.8. The molecule has 0 heterocycles. The number of Topliss-reactive ketones (excluding diaryl/α,β-unsaturated/α-hetero) is 1. The number of fused-ring (bicyclic) bond motifs is 3. The van der Waals surface area contributed by atoms with Gasteiger partial charge < -0.3 is 0 Å². The first-order chi connectivity index (χ1) is 8.20. The Hall–Kier alpha value is -1.11. The van der Waals surface area contributed by atoms with Crippen LogP contribution in [0.4, 0.5) is 0 Å². The predicted octanol–water partition coefficient (Wildman–Crippen LogP) is 3.39. The maximum Gasteiger partial charge on any atom is 0.143 e. The van der Waals surface area contributed by atoms with Crippen molar-refractivity contribution in [3.8, 4) is 0 Å². The smallest absolute Gasteiger partial charge is 0.143 e. The Morgan fingerprint density at radius 2 is 2.00 bits per heavy atom. The van der Waals surface area contributed by atoms with E-state index in [1.165, 1.54) is 0 Å². The summed E-state index contributed by atoms with van der Waals surface area (Å²) in [7, 11) is 0. The molecule has 0 aromatic carbocycles. The minimum atomic E-state index is -0.171. The van der Waals surface area contributed by atoms with Gasteiger partial charge in [0.15, 0.2) is 0 Å². The number of hydrogen-bond acceptors (Lipinski definition) is 1. The largest absolute Gasteiger partial charge is 0.299 e. The monoisotopic (exact) mass is 228 g/mol. The fraction of sp³-hybridized carbons (Fsp3) is 0.562. The Labute approximate surface area is 103 Å². The molecule has 0 aliphatic heterocycles. The molecule has 0 bridgehead atoms. The van der Waals surface area contributed by atoms with Crippen LogP contribution < -0.4 is 0 Å². The lowest BCUT2D eigenvalue weighted by molar-refractivity contribution is -0.130. The molecule has 0 aromatic heterocycles. The average molecular weight is 228 g/mol. The molecule has 3 rings (SSSR count). The summed E-state index contributed by atoms with van der Waals surface area (Å²) in [5.41, 5.74) is -0.171. The van der Waals surface area contributed by atoms with Crippen LogP contribution in [-0.2, 0) is 4.79 Å². The third-order valence-electron chi connectivity index (χ3n) is 5.41. The molecule has 0 N–H and O–H groups in total. The zero-order valence-corrected chi connectivity index (χ0v) is 10.3. The van der Waals surface area contributed by atoms with Crippen molar-refractivity contribution in [3.05, 3.63) is 38.0 Å². The van der Waals surface area contributed by atoms with E-state index in [0.29, 0.717) is 35.4 Å². The van der Waals surface area contributed by atoms with Gasteiger partial charge in [0, 0.05) is 11.3 Å². The number of allylic oxidation sites excluding steroid dienone is 3. The molecule has 3 aliphatic rings. The number of carbonyl (C=O) groups is 1. The van der Waals surface area contributed by atoms with Gasteiger partial charge in [-0.25, -0.2) is 0 Å². The molecular weight excluding hydrogens is 208 g/mol. The summed E-state index contributed by atoms with van der Waals surface area (Å²) in [6, 6.07) is 0. The number of hydrogen-bond donors (Lipinski definition) is 0. The zero-order chi connectivity index (χ0) is 12.2. The van der Waals surface area contributed by atoms with Crippen molar-refractivity contribution >= 4 is 5.78 Å². The molecule has 3 aliphatic carbocycles. The van der Waals surface area contributed by atoms with Crippen molar-refractivity contribution in [2.24, 2.45) is 35.0 Å². The molecule has 3 fully saturated rings. The molecule has 90 valence electrons. The summed E-state index contributed by atoms with van der Waals surface area (Å²) in [6.07, 6.45) is 9.00. The van der Waals surface area contributed by atoms with Crippen LogP contribution in [0.5, 0.6) is 0 Å². The van der Waals surface area contributed by atoms with Crippen molar-refractivity contribution in [3.63, 3.8) is 0 Å². The van der Waals surface area contributed by atoms with Gasteiger partial charge in [0.05, 0.1) is 0 Å². The van der Waals surface area contributed by atoms with Gasteiger partial charge >= 0.3 is 0 Å². The van der Waals surface area contributed by atoms with Gasteiger partial charge in [-0.15, -0.1) is 19.7 Å². The molecule has 0 aromatic rings. The first-order valence-electron chi connectivity index (χ1n) is 6.61. The van der Waals surface area contributed by atoms with Crippen LogP contribution in [0.2, 0.25) is 0 Å². The van der Waals surface area contributed by atoms with Crippen molar-refractivity contribution in [1.82, 2.24) is 0 Å². The molecule has 17 heavy (non-hydrogen) atoms. The van der Waals surface area contributed by atoms with E-state index in [9.17, 15) is 4.79 Å². The first kappa shape index (κ1) is 11.0. The lowest BCUT2D eigenvalue weighted by Gasteiger charge is -2.34. The Kier molecular flexibility index (Phi) is 2.23. The van der Waals surface area contributed by atoms with E-state index in [4.69, 9.17) is 0 Å².